The van der Waals surface area contributed by atoms with Crippen LogP contribution in [-0.2, 0) is 19.4 Å². The third-order valence-corrected chi connectivity index (χ3v) is 5.44. The highest BCUT2D eigenvalue weighted by Crippen LogP contribution is 2.24. The van der Waals surface area contributed by atoms with Crippen LogP contribution in [0.2, 0.25) is 0 Å². The molecule has 0 aliphatic carbocycles. The fraction of sp³-hybridized carbons (Fsp3) is 0.409. The van der Waals surface area contributed by atoms with Gasteiger partial charge >= 0.3 is 0 Å². The van der Waals surface area contributed by atoms with E-state index in [2.05, 4.69) is 54.3 Å². The molecule has 3 heteroatoms. The maximum absolute atomic E-state index is 5.76. The second-order valence-electron chi connectivity index (χ2n) is 6.89. The summed E-state index contributed by atoms with van der Waals surface area (Å²) in [5.74, 6) is 0.936. The van der Waals surface area contributed by atoms with E-state index in [1.807, 2.05) is 0 Å². The molecule has 0 bridgehead atoms. The molecule has 0 spiro atoms. The zero-order valence-electron chi connectivity index (χ0n) is 15.3. The van der Waals surface area contributed by atoms with Gasteiger partial charge in [0.25, 0.3) is 0 Å². The van der Waals surface area contributed by atoms with Gasteiger partial charge in [0.1, 0.15) is 5.75 Å². The normalized spacial score (nSPS) is 13.9. The van der Waals surface area contributed by atoms with Crippen LogP contribution in [0, 0.1) is 6.92 Å². The first-order valence-electron chi connectivity index (χ1n) is 9.15. The molecule has 1 aliphatic rings. The van der Waals surface area contributed by atoms with Crippen molar-refractivity contribution in [3.05, 3.63) is 64.7 Å². The second-order valence-corrected chi connectivity index (χ2v) is 7.36. The highest BCUT2D eigenvalue weighted by atomic mass is 32.1. The lowest BCUT2D eigenvalue weighted by molar-refractivity contribution is 0.405. The number of rotatable bonds is 5. The van der Waals surface area contributed by atoms with Gasteiger partial charge in [-0.3, -0.25) is 0 Å². The molecule has 2 nitrogen and oxygen atoms in total. The maximum atomic E-state index is 5.76. The number of nitrogens with zero attached hydrogens (tertiary/aromatic N) is 1. The van der Waals surface area contributed by atoms with Crippen LogP contribution in [0.4, 0.5) is 0 Å². The Hall–Kier alpha value is -1.87. The minimum absolute atomic E-state index is 0.913. The lowest BCUT2D eigenvalue weighted by atomic mass is 10.0. The van der Waals surface area contributed by atoms with Gasteiger partial charge in [0.2, 0.25) is 0 Å². The van der Waals surface area contributed by atoms with Gasteiger partial charge in [0, 0.05) is 13.1 Å². The quantitative estimate of drug-likeness (QED) is 0.694. The van der Waals surface area contributed by atoms with Gasteiger partial charge in [-0.2, -0.15) is 0 Å². The lowest BCUT2D eigenvalue weighted by Gasteiger charge is -2.24. The number of hydrogen-bond acceptors (Lipinski definition) is 2. The highest BCUT2D eigenvalue weighted by Gasteiger charge is 2.17. The van der Waals surface area contributed by atoms with Crippen LogP contribution < -0.4 is 4.74 Å². The van der Waals surface area contributed by atoms with Gasteiger partial charge in [-0.1, -0.05) is 48.1 Å². The summed E-state index contributed by atoms with van der Waals surface area (Å²) in [6.07, 6.45) is 5.49. The molecule has 0 unspecified atom stereocenters. The van der Waals surface area contributed by atoms with Gasteiger partial charge in [-0.05, 0) is 67.9 Å². The third-order valence-electron chi connectivity index (χ3n) is 4.98. The van der Waals surface area contributed by atoms with Crippen molar-refractivity contribution >= 4 is 17.2 Å². The summed E-state index contributed by atoms with van der Waals surface area (Å²) in [6, 6.07) is 15.3. The van der Waals surface area contributed by atoms with Gasteiger partial charge in [0.15, 0.2) is 0 Å². The van der Waals surface area contributed by atoms with Crippen LogP contribution in [0.1, 0.15) is 41.5 Å². The van der Waals surface area contributed by atoms with Crippen LogP contribution in [0.3, 0.4) is 0 Å². The summed E-state index contributed by atoms with van der Waals surface area (Å²) >= 11 is 5.76. The largest absolute Gasteiger partial charge is 0.497 e. The zero-order chi connectivity index (χ0) is 17.6. The second kappa shape index (κ2) is 8.48. The Morgan fingerprint density at radius 3 is 2.68 bits per heavy atom. The van der Waals surface area contributed by atoms with Crippen LogP contribution in [0.5, 0.6) is 5.75 Å². The van der Waals surface area contributed by atoms with Crippen LogP contribution in [0.25, 0.3) is 0 Å². The van der Waals surface area contributed by atoms with Gasteiger partial charge < -0.3 is 9.64 Å². The number of fused-ring (bicyclic) bond motifs is 1. The molecule has 0 saturated heterocycles. The Morgan fingerprint density at radius 1 is 1.12 bits per heavy atom. The zero-order valence-corrected chi connectivity index (χ0v) is 16.1. The van der Waals surface area contributed by atoms with Gasteiger partial charge in [-0.25, -0.2) is 0 Å². The topological polar surface area (TPSA) is 12.5 Å². The predicted molar refractivity (Wildman–Crippen MR) is 108 cm³/mol. The van der Waals surface area contributed by atoms with E-state index in [9.17, 15) is 0 Å². The number of methoxy groups -OCH3 is 1. The molecule has 0 saturated carbocycles. The summed E-state index contributed by atoms with van der Waals surface area (Å²) in [4.78, 5) is 3.48. The molecule has 0 amide bonds. The molecular formula is C22H27NOS. The summed E-state index contributed by atoms with van der Waals surface area (Å²) < 4.78 is 5.39. The number of ether oxygens (including phenoxy) is 1. The number of hydrogen-bond donors (Lipinski definition) is 0. The highest BCUT2D eigenvalue weighted by molar-refractivity contribution is 7.80. The third kappa shape index (κ3) is 4.82. The number of thiocarbonyl (C=S) groups is 1. The summed E-state index contributed by atoms with van der Waals surface area (Å²) in [5, 5.41) is 0. The Morgan fingerprint density at radius 2 is 1.92 bits per heavy atom. The smallest absolute Gasteiger partial charge is 0.119 e. The Labute approximate surface area is 156 Å². The molecule has 0 N–H and O–H groups in total. The molecule has 25 heavy (non-hydrogen) atoms. The van der Waals surface area contributed by atoms with Gasteiger partial charge in [0.05, 0.1) is 12.1 Å². The Balaban J connectivity index is 1.57. The van der Waals surface area contributed by atoms with Crippen LogP contribution in [-0.4, -0.2) is 23.5 Å². The van der Waals surface area contributed by atoms with Crippen molar-refractivity contribution in [3.8, 4) is 5.75 Å². The number of benzene rings is 2. The van der Waals surface area contributed by atoms with Crippen LogP contribution in [0.15, 0.2) is 42.5 Å². The average molecular weight is 354 g/mol. The fourth-order valence-electron chi connectivity index (χ4n) is 3.43. The van der Waals surface area contributed by atoms with E-state index in [1.54, 1.807) is 7.11 Å². The number of aryl methyl sites for hydroxylation is 3. The van der Waals surface area contributed by atoms with Crippen molar-refractivity contribution in [3.63, 3.8) is 0 Å². The first-order valence-corrected chi connectivity index (χ1v) is 9.55. The SMILES string of the molecule is COc1ccc2c(c1)CN(C(=S)CCCc1ccc(C)cc1)CCC2. The van der Waals surface area contributed by atoms with Crippen molar-refractivity contribution < 1.29 is 4.74 Å². The summed E-state index contributed by atoms with van der Waals surface area (Å²) in [5.41, 5.74) is 5.51. The van der Waals surface area contributed by atoms with Crippen molar-refractivity contribution in [2.24, 2.45) is 0 Å². The fourth-order valence-corrected chi connectivity index (χ4v) is 3.74. The van der Waals surface area contributed by atoms with Crippen molar-refractivity contribution in [2.45, 2.75) is 45.6 Å². The standard InChI is InChI=1S/C22H27NOS/c1-17-8-10-18(11-9-17)5-3-7-22(25)23-14-4-6-19-12-13-21(24-2)15-20(19)16-23/h8-13,15H,3-7,14,16H2,1-2H3. The molecule has 0 atom stereocenters. The lowest BCUT2D eigenvalue weighted by Crippen LogP contribution is -2.29. The molecule has 0 aromatic heterocycles. The maximum Gasteiger partial charge on any atom is 0.119 e. The molecule has 2 aromatic carbocycles. The van der Waals surface area contributed by atoms with Crippen molar-refractivity contribution in [2.75, 3.05) is 13.7 Å². The Bertz CT molecular complexity index is 723. The first kappa shape index (κ1) is 17.9. The first-order chi connectivity index (χ1) is 12.2. The minimum Gasteiger partial charge on any atom is -0.497 e. The summed E-state index contributed by atoms with van der Waals surface area (Å²) in [6.45, 7) is 4.10. The van der Waals surface area contributed by atoms with Crippen molar-refractivity contribution in [1.82, 2.24) is 4.90 Å². The Kier molecular flexibility index (Phi) is 6.09. The molecule has 1 heterocycles. The molecular weight excluding hydrogens is 326 g/mol. The van der Waals surface area contributed by atoms with E-state index in [-0.39, 0.29) is 0 Å². The molecule has 0 fully saturated rings. The van der Waals surface area contributed by atoms with E-state index >= 15 is 0 Å². The van der Waals surface area contributed by atoms with E-state index in [0.717, 1.165) is 55.9 Å². The van der Waals surface area contributed by atoms with Crippen molar-refractivity contribution in [1.29, 1.82) is 0 Å². The molecule has 2 aromatic rings. The molecule has 132 valence electrons. The predicted octanol–water partition coefficient (Wildman–Crippen LogP) is 5.10. The summed E-state index contributed by atoms with van der Waals surface area (Å²) in [7, 11) is 1.73. The van der Waals surface area contributed by atoms with Crippen LogP contribution >= 0.6 is 12.2 Å². The van der Waals surface area contributed by atoms with E-state index in [1.165, 1.54) is 22.3 Å². The molecule has 3 rings (SSSR count). The van der Waals surface area contributed by atoms with E-state index in [0.29, 0.717) is 0 Å². The molecule has 1 aliphatic heterocycles. The average Bonchev–Trinajstić information content (AvgIpc) is 2.85. The minimum atomic E-state index is 0.913. The van der Waals surface area contributed by atoms with E-state index in [4.69, 9.17) is 17.0 Å². The van der Waals surface area contributed by atoms with E-state index < -0.39 is 0 Å². The van der Waals surface area contributed by atoms with Gasteiger partial charge in [-0.15, -0.1) is 0 Å². The monoisotopic (exact) mass is 353 g/mol. The molecule has 0 radical (unpaired) electrons.